The third-order valence-corrected chi connectivity index (χ3v) is 15.8. The molecule has 0 spiro atoms. The van der Waals surface area contributed by atoms with Gasteiger partial charge in [0.15, 0.2) is 0 Å². The molecule has 9 atom stereocenters. The van der Waals surface area contributed by atoms with Gasteiger partial charge in [0.2, 0.25) is 0 Å². The van der Waals surface area contributed by atoms with Crippen molar-refractivity contribution in [3.8, 4) is 12.8 Å². The van der Waals surface area contributed by atoms with Gasteiger partial charge in [-0.1, -0.05) is 85.3 Å². The van der Waals surface area contributed by atoms with Crippen molar-refractivity contribution >= 4 is 30.1 Å². The number of carboxylic acids is 2. The van der Waals surface area contributed by atoms with Crippen molar-refractivity contribution in [3.05, 3.63) is 35.5 Å². The predicted octanol–water partition coefficient (Wildman–Crippen LogP) is 8.85. The topological polar surface area (TPSA) is 178 Å². The Morgan fingerprint density at radius 1 is 0.814 bits per heavy atom. The number of carbonyl (C=O) groups excluding carboxylic acids is 3. The maximum atomic E-state index is 14.4. The summed E-state index contributed by atoms with van der Waals surface area (Å²) in [6.07, 6.45) is 24.5. The molecule has 4 N–H and O–H groups in total. The number of terminal acetylenes is 1. The molecule has 59 heavy (non-hydrogen) atoms. The molecule has 328 valence electrons. The molecule has 0 aromatic rings. The standard InChI is InChI=1S/C43H62N2O10.C2H6.C2H2/c1-38(2)18-20-43(35(50)53-25-27-10-8-7-9-11-27)21-19-41(5)28(29(43)22-38)12-13-31-39(3)16-15-32(55-37(52)45-24-34(48)49)40(4,30(39)14-17-42(31,41)6)26-54-36(51)44-23-33(46)47;2*1-2/h7-8,10,12,29-32H,9,11,13-26H2,1-6H3,(H,44,51)(H,45,52)(H,46,47)(H,48,49);1-2H3;1-2H/t29-,30?,31?,32-,39-,40-,41+,42+,43-;;/m0../s1. The van der Waals surface area contributed by atoms with Gasteiger partial charge in [0.05, 0.1) is 5.41 Å². The lowest BCUT2D eigenvalue weighted by Gasteiger charge is -2.71. The summed E-state index contributed by atoms with van der Waals surface area (Å²) < 4.78 is 17.9. The zero-order chi connectivity index (χ0) is 44.0. The Balaban J connectivity index is 0.00000186. The van der Waals surface area contributed by atoms with Gasteiger partial charge in [-0.3, -0.25) is 14.4 Å². The molecule has 0 saturated heterocycles. The van der Waals surface area contributed by atoms with Crippen LogP contribution < -0.4 is 10.6 Å². The first-order valence-corrected chi connectivity index (χ1v) is 21.6. The largest absolute Gasteiger partial charge is 0.480 e. The summed E-state index contributed by atoms with van der Waals surface area (Å²) in [5.41, 5.74) is 0.802. The minimum atomic E-state index is -1.20. The smallest absolute Gasteiger partial charge is 0.407 e. The summed E-state index contributed by atoms with van der Waals surface area (Å²) in [4.78, 5) is 62.2. The van der Waals surface area contributed by atoms with Crippen molar-refractivity contribution in [1.82, 2.24) is 10.6 Å². The number of carbonyl (C=O) groups is 5. The summed E-state index contributed by atoms with van der Waals surface area (Å²) in [7, 11) is 0. The van der Waals surface area contributed by atoms with Gasteiger partial charge in [0, 0.05) is 5.41 Å². The number of hydrogen-bond donors (Lipinski definition) is 4. The Bertz CT molecular complexity index is 1710. The molecule has 0 heterocycles. The summed E-state index contributed by atoms with van der Waals surface area (Å²) in [5, 5.41) is 22.8. The Kier molecular flexibility index (Phi) is 14.9. The van der Waals surface area contributed by atoms with E-state index in [-0.39, 0.29) is 52.0 Å². The minimum Gasteiger partial charge on any atom is -0.480 e. The Labute approximate surface area is 351 Å². The van der Waals surface area contributed by atoms with Crippen LogP contribution >= 0.6 is 0 Å². The third-order valence-electron chi connectivity index (χ3n) is 15.8. The summed E-state index contributed by atoms with van der Waals surface area (Å²) >= 11 is 0. The Morgan fingerprint density at radius 3 is 2.08 bits per heavy atom. The summed E-state index contributed by atoms with van der Waals surface area (Å²) in [5.74, 6) is -2.12. The number of amides is 2. The van der Waals surface area contributed by atoms with Gasteiger partial charge in [0.25, 0.3) is 0 Å². The second-order valence-electron chi connectivity index (χ2n) is 19.2. The van der Waals surface area contributed by atoms with Crippen LogP contribution in [0.25, 0.3) is 0 Å². The van der Waals surface area contributed by atoms with E-state index in [9.17, 15) is 24.0 Å². The second kappa shape index (κ2) is 18.6. The van der Waals surface area contributed by atoms with Crippen LogP contribution in [0, 0.1) is 63.1 Å². The highest BCUT2D eigenvalue weighted by atomic mass is 16.6. The number of aliphatic carboxylic acids is 2. The predicted molar refractivity (Wildman–Crippen MR) is 225 cm³/mol. The molecule has 4 fully saturated rings. The van der Waals surface area contributed by atoms with E-state index in [1.54, 1.807) is 0 Å². The number of ether oxygens (including phenoxy) is 3. The van der Waals surface area contributed by atoms with Gasteiger partial charge in [0.1, 0.15) is 32.4 Å². The quantitative estimate of drug-likeness (QED) is 0.0720. The van der Waals surface area contributed by atoms with Crippen LogP contribution in [0.3, 0.4) is 0 Å². The van der Waals surface area contributed by atoms with Gasteiger partial charge in [-0.2, -0.15) is 0 Å². The van der Waals surface area contributed by atoms with Crippen LogP contribution in [-0.2, 0) is 28.6 Å². The van der Waals surface area contributed by atoms with E-state index < -0.39 is 54.1 Å². The van der Waals surface area contributed by atoms with E-state index >= 15 is 0 Å². The summed E-state index contributed by atoms with van der Waals surface area (Å²) in [6, 6.07) is 0. The van der Waals surface area contributed by atoms with Crippen molar-refractivity contribution < 1.29 is 48.4 Å². The van der Waals surface area contributed by atoms with Crippen molar-refractivity contribution in [1.29, 1.82) is 0 Å². The van der Waals surface area contributed by atoms with Crippen LogP contribution in [-0.4, -0.2) is 72.7 Å². The first kappa shape index (κ1) is 47.4. The molecule has 6 aliphatic rings. The highest BCUT2D eigenvalue weighted by molar-refractivity contribution is 5.79. The molecule has 0 aromatic heterocycles. The molecular formula is C47H70N2O10. The lowest BCUT2D eigenvalue weighted by Crippen LogP contribution is -2.66. The molecule has 2 unspecified atom stereocenters. The zero-order valence-electron chi connectivity index (χ0n) is 36.7. The first-order chi connectivity index (χ1) is 27.8. The van der Waals surface area contributed by atoms with Crippen LogP contribution in [0.5, 0.6) is 0 Å². The monoisotopic (exact) mass is 823 g/mol. The summed E-state index contributed by atoms with van der Waals surface area (Å²) in [6.45, 7) is 17.0. The SMILES string of the molecule is C#C.CC.CC1(C)CC[C@]2(C(=O)OCC3=CC=CCC3)CC[C@]3(C)C(=CCC4[C@@]5(C)CC[C@H](OC(=O)NCC(=O)O)[C@@](C)(COC(=O)NCC(=O)O)C5CC[C@]43C)[C@@H]2C1. The fourth-order valence-corrected chi connectivity index (χ4v) is 12.6. The number of nitrogens with one attached hydrogen (secondary N) is 2. The average Bonchev–Trinajstić information content (AvgIpc) is 3.20. The number of esters is 1. The maximum Gasteiger partial charge on any atom is 0.407 e. The van der Waals surface area contributed by atoms with Gasteiger partial charge < -0.3 is 35.1 Å². The maximum absolute atomic E-state index is 14.4. The van der Waals surface area contributed by atoms with Gasteiger partial charge in [-0.25, -0.2) is 9.59 Å². The average molecular weight is 823 g/mol. The molecule has 0 radical (unpaired) electrons. The molecule has 12 nitrogen and oxygen atoms in total. The number of carboxylic acid groups (broad SMARTS) is 2. The lowest BCUT2D eigenvalue weighted by atomic mass is 9.33. The highest BCUT2D eigenvalue weighted by Gasteiger charge is 2.70. The number of rotatable bonds is 10. The molecule has 0 aromatic carbocycles. The number of allylic oxidation sites excluding steroid dienone is 5. The number of hydrogen-bond acceptors (Lipinski definition) is 8. The van der Waals surface area contributed by atoms with Crippen LogP contribution in [0.4, 0.5) is 9.59 Å². The van der Waals surface area contributed by atoms with Gasteiger partial charge in [-0.15, -0.1) is 12.8 Å². The van der Waals surface area contributed by atoms with Crippen LogP contribution in [0.2, 0.25) is 0 Å². The van der Waals surface area contributed by atoms with E-state index in [2.05, 4.69) is 82.4 Å². The molecule has 0 aliphatic heterocycles. The van der Waals surface area contributed by atoms with Crippen molar-refractivity contribution in [2.45, 2.75) is 139 Å². The molecule has 4 saturated carbocycles. The minimum absolute atomic E-state index is 0.0369. The van der Waals surface area contributed by atoms with Crippen molar-refractivity contribution in [3.63, 3.8) is 0 Å². The van der Waals surface area contributed by atoms with E-state index in [1.165, 1.54) is 5.57 Å². The fraction of sp³-hybridized carbons (Fsp3) is 0.723. The molecule has 12 heteroatoms. The Morgan fingerprint density at radius 2 is 1.46 bits per heavy atom. The van der Waals surface area contributed by atoms with Crippen molar-refractivity contribution in [2.75, 3.05) is 26.3 Å². The van der Waals surface area contributed by atoms with Gasteiger partial charge in [-0.05, 0) is 122 Å². The lowest BCUT2D eigenvalue weighted by molar-refractivity contribution is -0.216. The number of fused-ring (bicyclic) bond motifs is 7. The normalized spacial score (nSPS) is 36.1. The van der Waals surface area contributed by atoms with E-state index in [0.29, 0.717) is 13.0 Å². The molecule has 2 amide bonds. The van der Waals surface area contributed by atoms with E-state index in [1.807, 2.05) is 20.8 Å². The molecular weight excluding hydrogens is 753 g/mol. The van der Waals surface area contributed by atoms with E-state index in [0.717, 1.165) is 76.2 Å². The highest BCUT2D eigenvalue weighted by Crippen LogP contribution is 2.76. The second-order valence-corrected chi connectivity index (χ2v) is 19.2. The Hall–Kier alpha value is -4.27. The fourth-order valence-electron chi connectivity index (χ4n) is 12.6. The van der Waals surface area contributed by atoms with Crippen LogP contribution in [0.15, 0.2) is 35.5 Å². The molecule has 0 bridgehead atoms. The third kappa shape index (κ3) is 9.10. The van der Waals surface area contributed by atoms with Crippen LogP contribution in [0.1, 0.15) is 132 Å². The van der Waals surface area contributed by atoms with Gasteiger partial charge >= 0.3 is 30.1 Å². The molecule has 6 aliphatic carbocycles. The first-order valence-electron chi connectivity index (χ1n) is 21.6. The number of alkyl carbamates (subject to hydrolysis) is 2. The molecule has 6 rings (SSSR count). The van der Waals surface area contributed by atoms with E-state index in [4.69, 9.17) is 24.4 Å². The van der Waals surface area contributed by atoms with Crippen molar-refractivity contribution in [2.24, 2.45) is 50.2 Å². The zero-order valence-corrected chi connectivity index (χ0v) is 36.7.